The highest BCUT2D eigenvalue weighted by atomic mass is 32.1. The lowest BCUT2D eigenvalue weighted by atomic mass is 9.81. The van der Waals surface area contributed by atoms with Crippen LogP contribution < -0.4 is 5.32 Å². The highest BCUT2D eigenvalue weighted by Crippen LogP contribution is 2.37. The maximum atomic E-state index is 13.4. The van der Waals surface area contributed by atoms with Crippen molar-refractivity contribution in [2.24, 2.45) is 5.41 Å². The van der Waals surface area contributed by atoms with E-state index in [-0.39, 0.29) is 11.8 Å². The van der Waals surface area contributed by atoms with Gasteiger partial charge in [-0.15, -0.1) is 11.3 Å². The number of hydrogen-bond donors (Lipinski definition) is 1. The van der Waals surface area contributed by atoms with Crippen LogP contribution in [0.15, 0.2) is 46.3 Å². The third-order valence-electron chi connectivity index (χ3n) is 5.76. The number of carbonyl (C=O) groups excluding carboxylic acids is 2. The fourth-order valence-electron chi connectivity index (χ4n) is 3.86. The van der Waals surface area contributed by atoms with Crippen LogP contribution in [0.3, 0.4) is 0 Å². The Morgan fingerprint density at radius 3 is 2.71 bits per heavy atom. The lowest BCUT2D eigenvalue weighted by molar-refractivity contribution is -0.129. The minimum Gasteiger partial charge on any atom is -0.361 e. The van der Waals surface area contributed by atoms with Crippen molar-refractivity contribution in [2.75, 3.05) is 18.4 Å². The van der Waals surface area contributed by atoms with E-state index >= 15 is 0 Å². The van der Waals surface area contributed by atoms with Gasteiger partial charge in [-0.05, 0) is 12.3 Å². The van der Waals surface area contributed by atoms with Gasteiger partial charge in [0, 0.05) is 43.4 Å². The van der Waals surface area contributed by atoms with Crippen LogP contribution in [0.1, 0.15) is 44.6 Å². The molecule has 1 aromatic carbocycles. The molecule has 162 valence electrons. The van der Waals surface area contributed by atoms with Crippen molar-refractivity contribution < 1.29 is 14.1 Å². The molecule has 1 fully saturated rings. The molecule has 0 spiro atoms. The summed E-state index contributed by atoms with van der Waals surface area (Å²) in [5.74, 6) is 0.745. The predicted octanol–water partition coefficient (Wildman–Crippen LogP) is 4.34. The van der Waals surface area contributed by atoms with Gasteiger partial charge in [-0.2, -0.15) is 0 Å². The summed E-state index contributed by atoms with van der Waals surface area (Å²) in [6.07, 6.45) is 0.924. The molecule has 7 nitrogen and oxygen atoms in total. The molecule has 2 aromatic heterocycles. The number of thiazole rings is 1. The average Bonchev–Trinajstić information content (AvgIpc) is 3.49. The van der Waals surface area contributed by atoms with Gasteiger partial charge >= 0.3 is 0 Å². The maximum absolute atomic E-state index is 13.4. The number of aromatic nitrogens is 2. The summed E-state index contributed by atoms with van der Waals surface area (Å²) in [6, 6.07) is 11.6. The molecule has 1 aliphatic heterocycles. The van der Waals surface area contributed by atoms with E-state index in [1.807, 2.05) is 41.8 Å². The Morgan fingerprint density at radius 2 is 2.06 bits per heavy atom. The molecule has 31 heavy (non-hydrogen) atoms. The van der Waals surface area contributed by atoms with Crippen LogP contribution in [0.4, 0.5) is 5.13 Å². The van der Waals surface area contributed by atoms with Crippen molar-refractivity contribution in [2.45, 2.75) is 39.5 Å². The zero-order chi connectivity index (χ0) is 22.0. The number of likely N-dealkylation sites (tertiary alicyclic amines) is 1. The predicted molar refractivity (Wildman–Crippen MR) is 120 cm³/mol. The molecule has 2 amide bonds. The summed E-state index contributed by atoms with van der Waals surface area (Å²) >= 11 is 1.42. The average molecular weight is 439 g/mol. The third-order valence-corrected chi connectivity index (χ3v) is 6.53. The highest BCUT2D eigenvalue weighted by molar-refractivity contribution is 7.13. The number of carbonyl (C=O) groups is 2. The first-order valence-corrected chi connectivity index (χ1v) is 11.3. The quantitative estimate of drug-likeness (QED) is 0.618. The second kappa shape index (κ2) is 8.63. The van der Waals surface area contributed by atoms with Gasteiger partial charge in [0.2, 0.25) is 11.8 Å². The van der Waals surface area contributed by atoms with Gasteiger partial charge in [-0.25, -0.2) is 4.98 Å². The molecule has 3 heterocycles. The van der Waals surface area contributed by atoms with Crippen LogP contribution in [0, 0.1) is 5.41 Å². The summed E-state index contributed by atoms with van der Waals surface area (Å²) in [5.41, 5.74) is 1.85. The topological polar surface area (TPSA) is 88.3 Å². The van der Waals surface area contributed by atoms with Crippen LogP contribution in [0.5, 0.6) is 0 Å². The van der Waals surface area contributed by atoms with Crippen molar-refractivity contribution in [3.63, 3.8) is 0 Å². The first-order valence-electron chi connectivity index (χ1n) is 10.4. The van der Waals surface area contributed by atoms with E-state index in [0.29, 0.717) is 42.7 Å². The molecule has 0 saturated carbocycles. The number of amides is 2. The maximum Gasteiger partial charge on any atom is 0.234 e. The minimum absolute atomic E-state index is 0.0337. The lowest BCUT2D eigenvalue weighted by Crippen LogP contribution is -2.41. The van der Waals surface area contributed by atoms with Gasteiger partial charge in [0.05, 0.1) is 11.1 Å². The number of nitrogens with zero attached hydrogens (tertiary/aromatic N) is 3. The SMILES string of the molecule is CC(=O)N1CC[C@](Cc2cc(-c3ccccc3)no2)(C(=O)Nc2nc(C(C)C)cs2)C1. The number of anilines is 1. The Bertz CT molecular complexity index is 1080. The first kappa shape index (κ1) is 21.2. The van der Waals surface area contributed by atoms with E-state index in [2.05, 4.69) is 29.3 Å². The molecule has 4 rings (SSSR count). The summed E-state index contributed by atoms with van der Waals surface area (Å²) < 4.78 is 5.59. The summed E-state index contributed by atoms with van der Waals surface area (Å²) in [7, 11) is 0. The molecule has 1 saturated heterocycles. The van der Waals surface area contributed by atoms with E-state index in [4.69, 9.17) is 4.52 Å². The number of rotatable bonds is 6. The van der Waals surface area contributed by atoms with Gasteiger partial charge in [0.25, 0.3) is 0 Å². The number of nitrogens with one attached hydrogen (secondary N) is 1. The van der Waals surface area contributed by atoms with Gasteiger partial charge in [-0.3, -0.25) is 9.59 Å². The molecular formula is C23H26N4O3S. The molecule has 1 N–H and O–H groups in total. The fraction of sp³-hybridized carbons (Fsp3) is 0.391. The first-order chi connectivity index (χ1) is 14.9. The molecule has 3 aromatic rings. The summed E-state index contributed by atoms with van der Waals surface area (Å²) in [6.45, 7) is 6.55. The Morgan fingerprint density at radius 1 is 1.29 bits per heavy atom. The van der Waals surface area contributed by atoms with Gasteiger partial charge in [0.15, 0.2) is 5.13 Å². The van der Waals surface area contributed by atoms with E-state index in [9.17, 15) is 9.59 Å². The van der Waals surface area contributed by atoms with E-state index in [0.717, 1.165) is 17.0 Å². The largest absolute Gasteiger partial charge is 0.361 e. The van der Waals surface area contributed by atoms with Gasteiger partial charge < -0.3 is 14.7 Å². The minimum atomic E-state index is -0.789. The fourth-order valence-corrected chi connectivity index (χ4v) is 4.73. The molecule has 0 unspecified atom stereocenters. The van der Waals surface area contributed by atoms with E-state index in [1.165, 1.54) is 18.3 Å². The van der Waals surface area contributed by atoms with Crippen molar-refractivity contribution >= 4 is 28.3 Å². The Balaban J connectivity index is 1.57. The molecule has 0 bridgehead atoms. The van der Waals surface area contributed by atoms with Crippen molar-refractivity contribution in [1.29, 1.82) is 0 Å². The van der Waals surface area contributed by atoms with Crippen LogP contribution >= 0.6 is 11.3 Å². The number of hydrogen-bond acceptors (Lipinski definition) is 6. The van der Waals surface area contributed by atoms with Crippen molar-refractivity contribution in [3.8, 4) is 11.3 Å². The summed E-state index contributed by atoms with van der Waals surface area (Å²) in [4.78, 5) is 31.6. The van der Waals surface area contributed by atoms with Gasteiger partial charge in [0.1, 0.15) is 11.5 Å². The Hall–Kier alpha value is -3.00. The zero-order valence-corrected chi connectivity index (χ0v) is 18.7. The molecule has 0 aliphatic carbocycles. The Labute approximate surface area is 185 Å². The van der Waals surface area contributed by atoms with E-state index < -0.39 is 5.41 Å². The molecule has 0 radical (unpaired) electrons. The molecule has 8 heteroatoms. The Kier molecular flexibility index (Phi) is 5.91. The van der Waals surface area contributed by atoms with Crippen LogP contribution in [0.2, 0.25) is 0 Å². The second-order valence-corrected chi connectivity index (χ2v) is 9.24. The third kappa shape index (κ3) is 4.54. The van der Waals surface area contributed by atoms with Crippen molar-refractivity contribution in [1.82, 2.24) is 15.0 Å². The van der Waals surface area contributed by atoms with Crippen LogP contribution in [0.25, 0.3) is 11.3 Å². The van der Waals surface area contributed by atoms with Crippen LogP contribution in [-0.4, -0.2) is 39.9 Å². The van der Waals surface area contributed by atoms with Crippen molar-refractivity contribution in [3.05, 3.63) is 53.2 Å². The zero-order valence-electron chi connectivity index (χ0n) is 17.9. The number of benzene rings is 1. The molecule has 1 atom stereocenters. The highest BCUT2D eigenvalue weighted by Gasteiger charge is 2.46. The van der Waals surface area contributed by atoms with Gasteiger partial charge in [-0.1, -0.05) is 49.3 Å². The standard InChI is InChI=1S/C23H26N4O3S/c1-15(2)20-13-31-22(24-20)25-21(29)23(9-10-27(14-23)16(3)28)12-18-11-19(26-30-18)17-7-5-4-6-8-17/h4-8,11,13,15H,9-10,12,14H2,1-3H3,(H,24,25,29)/t23-/m1/s1. The van der Waals surface area contributed by atoms with Crippen LogP contribution in [-0.2, 0) is 16.0 Å². The summed E-state index contributed by atoms with van der Waals surface area (Å²) in [5, 5.41) is 9.71. The van der Waals surface area contributed by atoms with E-state index in [1.54, 1.807) is 4.90 Å². The smallest absolute Gasteiger partial charge is 0.234 e. The molecular weight excluding hydrogens is 412 g/mol. The normalized spacial score (nSPS) is 18.5. The lowest BCUT2D eigenvalue weighted by Gasteiger charge is -2.26. The second-order valence-electron chi connectivity index (χ2n) is 8.38. The monoisotopic (exact) mass is 438 g/mol. The molecule has 1 aliphatic rings.